The van der Waals surface area contributed by atoms with E-state index in [4.69, 9.17) is 0 Å². The Hall–Kier alpha value is 3.65. The molecule has 0 saturated heterocycles. The number of hydrogen-bond donors (Lipinski definition) is 0. The van der Waals surface area contributed by atoms with Crippen LogP contribution in [0.15, 0.2) is 0 Å². The summed E-state index contributed by atoms with van der Waals surface area (Å²) in [5.74, 6) is 0. The van der Waals surface area contributed by atoms with E-state index >= 15 is 0 Å². The van der Waals surface area contributed by atoms with Gasteiger partial charge >= 0.3 is 40.6 Å². The van der Waals surface area contributed by atoms with Gasteiger partial charge in [0.15, 0.2) is 0 Å². The van der Waals surface area contributed by atoms with Gasteiger partial charge in [-0.2, -0.15) is 0 Å². The second-order valence-electron chi connectivity index (χ2n) is 0. The Labute approximate surface area is 125 Å². The third-order valence-electron chi connectivity index (χ3n) is 0. The molecule has 0 aliphatic rings. The van der Waals surface area contributed by atoms with Crippen molar-refractivity contribution >= 4 is 67.5 Å². The molecule has 1 radical (unpaired) electrons. The molecule has 0 amide bonds. The van der Waals surface area contributed by atoms with Gasteiger partial charge in [-0.05, 0) is 0 Å². The monoisotopic (exact) mass is 266 g/mol. The molecule has 0 nitrogen and oxygen atoms in total. The molecular weight excluding hydrogens is 266 g/mol. The Morgan fingerprint density at radius 3 is 0.500 bits per heavy atom. The Kier molecular flexibility index (Phi) is 925. The fraction of sp³-hybridized carbons (Fsp3) is 0. The molecule has 0 spiro atoms. The summed E-state index contributed by atoms with van der Waals surface area (Å²) in [4.78, 5) is 0. The summed E-state index contributed by atoms with van der Waals surface area (Å²) in [5.41, 5.74) is 0. The average Bonchev–Trinajstić information content (AvgIpc) is 0. The van der Waals surface area contributed by atoms with E-state index in [-0.39, 0.29) is 127 Å². The molecule has 0 bridgehead atoms. The maximum Gasteiger partial charge on any atom is 4.00 e. The molecule has 0 heterocycles. The topological polar surface area (TPSA) is 0 Å². The Balaban J connectivity index is 0. The molecule has 0 aliphatic carbocycles. The van der Waals surface area contributed by atoms with Crippen molar-refractivity contribution in [3.8, 4) is 0 Å². The van der Waals surface area contributed by atoms with Crippen LogP contribution < -0.4 is 18.9 Å². The molecule has 45 valence electrons. The summed E-state index contributed by atoms with van der Waals surface area (Å²) >= 11 is 0. The second kappa shape index (κ2) is 74.5. The number of rotatable bonds is 0. The van der Waals surface area contributed by atoms with Crippen LogP contribution in [0.5, 0.6) is 0 Å². The zero-order chi connectivity index (χ0) is 0. The summed E-state index contributed by atoms with van der Waals surface area (Å²) in [6, 6.07) is 0. The van der Waals surface area contributed by atoms with Crippen LogP contribution >= 0.6 is 0 Å². The first-order valence-electron chi connectivity index (χ1n) is 0. The molecule has 0 unspecified atom stereocenters. The first kappa shape index (κ1) is 99.3. The van der Waals surface area contributed by atoms with Gasteiger partial charge in [-0.15, -0.1) is 0 Å². The van der Waals surface area contributed by atoms with Gasteiger partial charge in [0.05, 0.1) is 0 Å². The third kappa shape index (κ3) is 54.2. The first-order valence-corrected chi connectivity index (χ1v) is 0. The maximum atomic E-state index is 0. The van der Waals surface area contributed by atoms with Gasteiger partial charge in [0.2, 0.25) is 0 Å². The summed E-state index contributed by atoms with van der Waals surface area (Å²) < 4.78 is 0. The number of hydrogen-bond acceptors (Lipinski definition) is 0. The molecule has 8 heavy (non-hydrogen) atoms. The zero-order valence-electron chi connectivity index (χ0n) is 3.99. The molecular formula is LiS5TiV-5. The van der Waals surface area contributed by atoms with Gasteiger partial charge < -0.3 is 67.5 Å². The van der Waals surface area contributed by atoms with Crippen molar-refractivity contribution in [2.45, 2.75) is 0 Å². The SMILES string of the molecule is [Li+].[S-2].[S-2].[S-2].[S-2].[S-2].[Ti+4].[V]. The average molecular weight is 266 g/mol. The molecule has 0 aromatic carbocycles. The molecule has 0 aliphatic heterocycles. The fourth-order valence-corrected chi connectivity index (χ4v) is 0. The summed E-state index contributed by atoms with van der Waals surface area (Å²) in [5, 5.41) is 0. The molecule has 0 fully saturated rings. The maximum absolute atomic E-state index is 0. The fourth-order valence-electron chi connectivity index (χ4n) is 0. The van der Waals surface area contributed by atoms with Gasteiger partial charge in [-0.25, -0.2) is 0 Å². The van der Waals surface area contributed by atoms with E-state index in [2.05, 4.69) is 0 Å². The molecule has 0 rings (SSSR count). The smallest absolute Gasteiger partial charge is 2.00 e. The minimum absolute atomic E-state index is 0. The van der Waals surface area contributed by atoms with E-state index in [1.54, 1.807) is 0 Å². The summed E-state index contributed by atoms with van der Waals surface area (Å²) in [7, 11) is 0. The predicted molar refractivity (Wildman–Crippen MR) is 36.8 cm³/mol. The standard InChI is InChI=1S/Li.5S.Ti.V/q+1;5*-2;+4;. The van der Waals surface area contributed by atoms with Crippen molar-refractivity contribution in [3.05, 3.63) is 0 Å². The van der Waals surface area contributed by atoms with Gasteiger partial charge in [-0.1, -0.05) is 0 Å². The minimum atomic E-state index is 0. The Morgan fingerprint density at radius 2 is 0.500 bits per heavy atom. The second-order valence-corrected chi connectivity index (χ2v) is 0. The summed E-state index contributed by atoms with van der Waals surface area (Å²) in [6.45, 7) is 0. The summed E-state index contributed by atoms with van der Waals surface area (Å²) in [6.07, 6.45) is 0. The normalized spacial score (nSPS) is 0. The Morgan fingerprint density at radius 1 is 0.500 bits per heavy atom. The molecule has 0 aromatic heterocycles. The van der Waals surface area contributed by atoms with Crippen LogP contribution in [0.3, 0.4) is 0 Å². The van der Waals surface area contributed by atoms with Gasteiger partial charge in [0.1, 0.15) is 0 Å². The predicted octanol–water partition coefficient (Wildman–Crippen LogP) is -3.01. The van der Waals surface area contributed by atoms with E-state index in [1.807, 2.05) is 0 Å². The van der Waals surface area contributed by atoms with Crippen LogP contribution in [0.1, 0.15) is 0 Å². The van der Waals surface area contributed by atoms with Crippen molar-refractivity contribution < 1.29 is 59.1 Å². The first-order chi connectivity index (χ1) is 0. The largest absolute Gasteiger partial charge is 4.00 e. The van der Waals surface area contributed by atoms with Crippen molar-refractivity contribution in [2.75, 3.05) is 0 Å². The van der Waals surface area contributed by atoms with Crippen LogP contribution in [-0.2, 0) is 108 Å². The van der Waals surface area contributed by atoms with Crippen LogP contribution in [0.2, 0.25) is 0 Å². The van der Waals surface area contributed by atoms with E-state index in [1.165, 1.54) is 0 Å². The van der Waals surface area contributed by atoms with Gasteiger partial charge in [0.25, 0.3) is 0 Å². The minimum Gasteiger partial charge on any atom is -2.00 e. The van der Waals surface area contributed by atoms with Crippen molar-refractivity contribution in [1.29, 1.82) is 0 Å². The van der Waals surface area contributed by atoms with E-state index in [0.29, 0.717) is 0 Å². The van der Waals surface area contributed by atoms with Gasteiger partial charge in [-0.3, -0.25) is 0 Å². The van der Waals surface area contributed by atoms with Gasteiger partial charge in [0, 0.05) is 18.6 Å². The van der Waals surface area contributed by atoms with Crippen molar-refractivity contribution in [3.63, 3.8) is 0 Å². The zero-order valence-corrected chi connectivity index (χ0v) is 11.0. The van der Waals surface area contributed by atoms with Crippen LogP contribution in [0.25, 0.3) is 0 Å². The van der Waals surface area contributed by atoms with Crippen LogP contribution in [0, 0.1) is 0 Å². The molecule has 0 saturated carbocycles. The quantitative estimate of drug-likeness (QED) is 0.410. The molecule has 8 heteroatoms. The van der Waals surface area contributed by atoms with Crippen molar-refractivity contribution in [2.24, 2.45) is 0 Å². The Bertz CT molecular complexity index is 12.4. The van der Waals surface area contributed by atoms with E-state index in [9.17, 15) is 0 Å². The molecule has 0 aromatic rings. The third-order valence-corrected chi connectivity index (χ3v) is 0. The van der Waals surface area contributed by atoms with Crippen molar-refractivity contribution in [1.82, 2.24) is 0 Å². The molecule has 0 N–H and O–H groups in total. The van der Waals surface area contributed by atoms with Crippen LogP contribution in [-0.4, -0.2) is 0 Å². The van der Waals surface area contributed by atoms with E-state index < -0.39 is 0 Å². The molecule has 0 atom stereocenters. The van der Waals surface area contributed by atoms with E-state index in [0.717, 1.165) is 0 Å². The van der Waals surface area contributed by atoms with Crippen LogP contribution in [0.4, 0.5) is 0 Å².